The van der Waals surface area contributed by atoms with Crippen LogP contribution in [0.2, 0.25) is 0 Å². The lowest BCUT2D eigenvalue weighted by Crippen LogP contribution is -2.49. The van der Waals surface area contributed by atoms with E-state index in [4.69, 9.17) is 5.11 Å². The molecule has 0 spiro atoms. The van der Waals surface area contributed by atoms with E-state index in [1.54, 1.807) is 12.1 Å². The predicted octanol–water partition coefficient (Wildman–Crippen LogP) is 0.924. The van der Waals surface area contributed by atoms with Crippen LogP contribution in [0.15, 0.2) is 24.3 Å². The molecule has 1 saturated heterocycles. The number of amides is 2. The molecule has 3 N–H and O–H groups in total. The summed E-state index contributed by atoms with van der Waals surface area (Å²) in [6.07, 6.45) is 1.84. The predicted molar refractivity (Wildman–Crippen MR) is 85.3 cm³/mol. The third kappa shape index (κ3) is 5.37. The maximum Gasteiger partial charge on any atom is 0.335 e. The quantitative estimate of drug-likeness (QED) is 0.750. The number of rotatable bonds is 5. The average molecular weight is 319 g/mol. The Labute approximate surface area is 134 Å². The van der Waals surface area contributed by atoms with Gasteiger partial charge >= 0.3 is 5.97 Å². The number of piperidine rings is 1. The highest BCUT2D eigenvalue weighted by Gasteiger charge is 2.22. The van der Waals surface area contributed by atoms with E-state index in [9.17, 15) is 14.4 Å². The Bertz CT molecular complexity index is 603. The van der Waals surface area contributed by atoms with E-state index in [-0.39, 0.29) is 30.0 Å². The van der Waals surface area contributed by atoms with Crippen molar-refractivity contribution in [1.82, 2.24) is 10.2 Å². The Morgan fingerprint density at radius 2 is 2.13 bits per heavy atom. The Morgan fingerprint density at radius 3 is 2.83 bits per heavy atom. The summed E-state index contributed by atoms with van der Waals surface area (Å²) < 4.78 is 0. The number of hydrogen-bond acceptors (Lipinski definition) is 4. The van der Waals surface area contributed by atoms with Crippen molar-refractivity contribution in [3.63, 3.8) is 0 Å². The van der Waals surface area contributed by atoms with E-state index in [1.165, 1.54) is 19.1 Å². The first-order chi connectivity index (χ1) is 10.9. The Balaban J connectivity index is 1.88. The maximum atomic E-state index is 12.1. The zero-order valence-electron chi connectivity index (χ0n) is 13.0. The van der Waals surface area contributed by atoms with Gasteiger partial charge in [-0.1, -0.05) is 6.07 Å². The second-order valence-corrected chi connectivity index (χ2v) is 5.71. The van der Waals surface area contributed by atoms with E-state index in [1.807, 2.05) is 4.90 Å². The van der Waals surface area contributed by atoms with E-state index >= 15 is 0 Å². The molecule has 1 fully saturated rings. The van der Waals surface area contributed by atoms with E-state index in [0.717, 1.165) is 19.4 Å². The van der Waals surface area contributed by atoms with Crippen LogP contribution < -0.4 is 10.6 Å². The van der Waals surface area contributed by atoms with Crippen LogP contribution in [0.5, 0.6) is 0 Å². The van der Waals surface area contributed by atoms with Crippen molar-refractivity contribution in [1.29, 1.82) is 0 Å². The number of nitrogens with one attached hydrogen (secondary N) is 2. The van der Waals surface area contributed by atoms with Gasteiger partial charge in [-0.25, -0.2) is 4.79 Å². The van der Waals surface area contributed by atoms with Gasteiger partial charge < -0.3 is 15.7 Å². The summed E-state index contributed by atoms with van der Waals surface area (Å²) in [6, 6.07) is 6.22. The highest BCUT2D eigenvalue weighted by molar-refractivity contribution is 5.94. The molecule has 1 unspecified atom stereocenters. The van der Waals surface area contributed by atoms with Gasteiger partial charge in [0, 0.05) is 25.2 Å². The molecule has 0 saturated carbocycles. The summed E-state index contributed by atoms with van der Waals surface area (Å²) in [5.74, 6) is -1.29. The fourth-order valence-corrected chi connectivity index (χ4v) is 2.74. The van der Waals surface area contributed by atoms with Gasteiger partial charge in [0.05, 0.1) is 12.1 Å². The lowest BCUT2D eigenvalue weighted by atomic mass is 10.1. The third-order valence-electron chi connectivity index (χ3n) is 3.67. The van der Waals surface area contributed by atoms with Crippen molar-refractivity contribution < 1.29 is 19.5 Å². The van der Waals surface area contributed by atoms with Crippen LogP contribution in [0.1, 0.15) is 30.1 Å². The standard InChI is InChI=1S/C16H21N3O4/c1-11(20)17-14-6-3-7-19(9-14)10-15(21)18-13-5-2-4-12(8-13)16(22)23/h2,4-5,8,14H,3,6-7,9-10H2,1H3,(H,17,20)(H,18,21)(H,22,23). The van der Waals surface area contributed by atoms with Crippen LogP contribution in [-0.2, 0) is 9.59 Å². The second-order valence-electron chi connectivity index (χ2n) is 5.71. The summed E-state index contributed by atoms with van der Waals surface area (Å²) in [5, 5.41) is 14.5. The number of likely N-dealkylation sites (tertiary alicyclic amines) is 1. The largest absolute Gasteiger partial charge is 0.478 e. The molecule has 2 rings (SSSR count). The molecule has 23 heavy (non-hydrogen) atoms. The van der Waals surface area contributed by atoms with Crippen LogP contribution in [-0.4, -0.2) is 53.5 Å². The van der Waals surface area contributed by atoms with Gasteiger partial charge in [-0.2, -0.15) is 0 Å². The lowest BCUT2D eigenvalue weighted by Gasteiger charge is -2.32. The van der Waals surface area contributed by atoms with Crippen molar-refractivity contribution in [2.24, 2.45) is 0 Å². The molecular weight excluding hydrogens is 298 g/mol. The first-order valence-electron chi connectivity index (χ1n) is 7.56. The number of carbonyl (C=O) groups excluding carboxylic acids is 2. The van der Waals surface area contributed by atoms with Crippen molar-refractivity contribution in [2.45, 2.75) is 25.8 Å². The molecule has 0 aromatic heterocycles. The van der Waals surface area contributed by atoms with Crippen LogP contribution >= 0.6 is 0 Å². The summed E-state index contributed by atoms with van der Waals surface area (Å²) in [6.45, 7) is 3.15. The van der Waals surface area contributed by atoms with Gasteiger partial charge in [-0.15, -0.1) is 0 Å². The maximum absolute atomic E-state index is 12.1. The van der Waals surface area contributed by atoms with E-state index in [2.05, 4.69) is 10.6 Å². The van der Waals surface area contributed by atoms with Crippen molar-refractivity contribution >= 4 is 23.5 Å². The van der Waals surface area contributed by atoms with Gasteiger partial charge in [0.25, 0.3) is 0 Å². The topological polar surface area (TPSA) is 98.7 Å². The normalized spacial score (nSPS) is 18.2. The molecule has 1 aliphatic heterocycles. The average Bonchev–Trinajstić information content (AvgIpc) is 2.47. The Hall–Kier alpha value is -2.41. The lowest BCUT2D eigenvalue weighted by molar-refractivity contribution is -0.120. The Kier molecular flexibility index (Phi) is 5.70. The number of aromatic carboxylic acids is 1. The van der Waals surface area contributed by atoms with Gasteiger partial charge in [0.1, 0.15) is 0 Å². The molecule has 1 atom stereocenters. The number of anilines is 1. The van der Waals surface area contributed by atoms with E-state index < -0.39 is 5.97 Å². The minimum Gasteiger partial charge on any atom is -0.478 e. The highest BCUT2D eigenvalue weighted by atomic mass is 16.4. The number of nitrogens with zero attached hydrogens (tertiary/aromatic N) is 1. The molecule has 2 amide bonds. The van der Waals surface area contributed by atoms with E-state index in [0.29, 0.717) is 12.2 Å². The molecule has 0 bridgehead atoms. The SMILES string of the molecule is CC(=O)NC1CCCN(CC(=O)Nc2cccc(C(=O)O)c2)C1. The molecule has 1 aromatic carbocycles. The second kappa shape index (κ2) is 7.73. The smallest absolute Gasteiger partial charge is 0.335 e. The molecule has 124 valence electrons. The van der Waals surface area contributed by atoms with Crippen molar-refractivity contribution in [2.75, 3.05) is 25.0 Å². The number of carbonyl (C=O) groups is 3. The molecule has 0 radical (unpaired) electrons. The monoisotopic (exact) mass is 319 g/mol. The summed E-state index contributed by atoms with van der Waals surface area (Å²) >= 11 is 0. The van der Waals surface area contributed by atoms with Crippen LogP contribution in [0.25, 0.3) is 0 Å². The number of hydrogen-bond donors (Lipinski definition) is 3. The zero-order chi connectivity index (χ0) is 16.8. The minimum absolute atomic E-state index is 0.0632. The van der Waals surface area contributed by atoms with Gasteiger partial charge in [-0.05, 0) is 37.6 Å². The van der Waals surface area contributed by atoms with Gasteiger partial charge in [-0.3, -0.25) is 14.5 Å². The Morgan fingerprint density at radius 1 is 1.35 bits per heavy atom. The minimum atomic E-state index is -1.03. The summed E-state index contributed by atoms with van der Waals surface area (Å²) in [5.41, 5.74) is 0.594. The molecule has 0 aliphatic carbocycles. The van der Waals surface area contributed by atoms with Gasteiger partial charge in [0.15, 0.2) is 0 Å². The molecule has 1 heterocycles. The zero-order valence-corrected chi connectivity index (χ0v) is 13.0. The summed E-state index contributed by atoms with van der Waals surface area (Å²) in [4.78, 5) is 36.1. The fourth-order valence-electron chi connectivity index (χ4n) is 2.74. The molecular formula is C16H21N3O4. The van der Waals surface area contributed by atoms with Crippen LogP contribution in [0, 0.1) is 0 Å². The fraction of sp³-hybridized carbons (Fsp3) is 0.438. The molecule has 7 nitrogen and oxygen atoms in total. The molecule has 1 aliphatic rings. The number of carboxylic acid groups (broad SMARTS) is 1. The highest BCUT2D eigenvalue weighted by Crippen LogP contribution is 2.12. The molecule has 1 aromatic rings. The van der Waals surface area contributed by atoms with Gasteiger partial charge in [0.2, 0.25) is 11.8 Å². The third-order valence-corrected chi connectivity index (χ3v) is 3.67. The van der Waals surface area contributed by atoms with Crippen LogP contribution in [0.4, 0.5) is 5.69 Å². The van der Waals surface area contributed by atoms with Crippen molar-refractivity contribution in [3.8, 4) is 0 Å². The number of carboxylic acids is 1. The number of benzene rings is 1. The van der Waals surface area contributed by atoms with Crippen LogP contribution in [0.3, 0.4) is 0 Å². The molecule has 7 heteroatoms. The van der Waals surface area contributed by atoms with Crippen molar-refractivity contribution in [3.05, 3.63) is 29.8 Å². The first kappa shape index (κ1) is 17.0. The summed E-state index contributed by atoms with van der Waals surface area (Å²) in [7, 11) is 0. The first-order valence-corrected chi connectivity index (χ1v) is 7.56.